The lowest BCUT2D eigenvalue weighted by molar-refractivity contribution is -0.139. The molecule has 0 saturated heterocycles. The van der Waals surface area contributed by atoms with Gasteiger partial charge in [0.05, 0.1) is 6.54 Å². The zero-order chi connectivity index (χ0) is 25.7. The molecule has 7 heteroatoms. The lowest BCUT2D eigenvalue weighted by Crippen LogP contribution is -2.39. The highest BCUT2D eigenvalue weighted by Gasteiger charge is 2.46. The molecule has 6 nitrogen and oxygen atoms in total. The number of rotatable bonds is 7. The second-order valence-electron chi connectivity index (χ2n) is 9.10. The average Bonchev–Trinajstić information content (AvgIpc) is 3.52. The molecule has 1 fully saturated rings. The molecule has 0 radical (unpaired) electrons. The van der Waals surface area contributed by atoms with Crippen LogP contribution in [-0.2, 0) is 21.5 Å². The first-order valence-electron chi connectivity index (χ1n) is 12.1. The number of hydrogen-bond donors (Lipinski definition) is 2. The van der Waals surface area contributed by atoms with E-state index < -0.39 is 11.8 Å². The monoisotopic (exact) mass is 507 g/mol. The van der Waals surface area contributed by atoms with Crippen LogP contribution in [0.4, 0.5) is 0 Å². The van der Waals surface area contributed by atoms with Gasteiger partial charge in [0, 0.05) is 35.5 Å². The van der Waals surface area contributed by atoms with Crippen LogP contribution in [0.3, 0.4) is 0 Å². The van der Waals surface area contributed by atoms with Gasteiger partial charge in [-0.05, 0) is 40.7 Å². The Morgan fingerprint density at radius 2 is 1.68 bits per heavy atom. The minimum Gasteiger partial charge on any atom is -0.344 e. The number of thiazole rings is 1. The van der Waals surface area contributed by atoms with E-state index in [1.807, 2.05) is 29.6 Å². The van der Waals surface area contributed by atoms with E-state index in [0.717, 1.165) is 12.8 Å². The summed E-state index contributed by atoms with van der Waals surface area (Å²) in [5.41, 5.74) is 2.31. The molecular formula is C30H25N3O3S. The molecule has 37 heavy (non-hydrogen) atoms. The molecule has 5 rings (SSSR count). The van der Waals surface area contributed by atoms with Gasteiger partial charge in [-0.25, -0.2) is 4.98 Å². The minimum absolute atomic E-state index is 0.0393. The van der Waals surface area contributed by atoms with Crippen molar-refractivity contribution >= 4 is 39.7 Å². The highest BCUT2D eigenvalue weighted by Crippen LogP contribution is 2.52. The molecule has 184 valence electrons. The van der Waals surface area contributed by atoms with Crippen LogP contribution in [0.15, 0.2) is 78.3 Å². The first kappa shape index (κ1) is 24.4. The van der Waals surface area contributed by atoms with Gasteiger partial charge in [-0.1, -0.05) is 72.7 Å². The lowest BCUT2D eigenvalue weighted by atomic mass is 9.86. The van der Waals surface area contributed by atoms with E-state index in [4.69, 9.17) is 0 Å². The van der Waals surface area contributed by atoms with Crippen molar-refractivity contribution < 1.29 is 14.4 Å². The summed E-state index contributed by atoms with van der Waals surface area (Å²) in [5.74, 6) is 4.07. The molecule has 1 heterocycles. The topological polar surface area (TPSA) is 88.2 Å². The maximum atomic E-state index is 13.4. The Labute approximate surface area is 219 Å². The van der Waals surface area contributed by atoms with Crippen LogP contribution in [0.5, 0.6) is 0 Å². The van der Waals surface area contributed by atoms with Gasteiger partial charge in [0.25, 0.3) is 0 Å². The van der Waals surface area contributed by atoms with Gasteiger partial charge >= 0.3 is 11.8 Å². The van der Waals surface area contributed by atoms with Crippen molar-refractivity contribution in [1.82, 2.24) is 15.6 Å². The predicted octanol–water partition coefficient (Wildman–Crippen LogP) is 4.39. The van der Waals surface area contributed by atoms with Crippen LogP contribution in [-0.4, -0.2) is 29.1 Å². The summed E-state index contributed by atoms with van der Waals surface area (Å²) in [6.45, 7) is 0.125. The highest BCUT2D eigenvalue weighted by molar-refractivity contribution is 7.10. The van der Waals surface area contributed by atoms with E-state index in [1.54, 1.807) is 18.3 Å². The number of amides is 2. The van der Waals surface area contributed by atoms with E-state index >= 15 is 0 Å². The fraction of sp³-hybridized carbons (Fsp3) is 0.200. The smallest absolute Gasteiger partial charge is 0.310 e. The second-order valence-corrected chi connectivity index (χ2v) is 10.00. The summed E-state index contributed by atoms with van der Waals surface area (Å²) < 4.78 is 0. The molecule has 3 aromatic carbocycles. The van der Waals surface area contributed by atoms with Crippen molar-refractivity contribution in [2.75, 3.05) is 6.54 Å². The van der Waals surface area contributed by atoms with E-state index in [9.17, 15) is 14.4 Å². The first-order chi connectivity index (χ1) is 18.0. The lowest BCUT2D eigenvalue weighted by Gasteiger charge is -2.17. The standard InChI is InChI=1S/C30H25N3O3S/c34-26(19-30(13-14-30)24-12-11-21-6-1-2-7-22(21)18-24)25-9-4-3-8-23(25)20-33-29(36)28(35)32-15-5-10-27-31-16-17-37-27/h1-4,6-9,11-12,16-18H,13-15,19-20H2,(H,32,35)(H,33,36). The third-order valence-corrected chi connectivity index (χ3v) is 7.33. The van der Waals surface area contributed by atoms with Crippen molar-refractivity contribution in [2.45, 2.75) is 31.2 Å². The summed E-state index contributed by atoms with van der Waals surface area (Å²) in [4.78, 5) is 41.8. The molecule has 0 unspecified atom stereocenters. The van der Waals surface area contributed by atoms with Crippen LogP contribution in [0.2, 0.25) is 0 Å². The number of hydrogen-bond acceptors (Lipinski definition) is 5. The SMILES string of the molecule is O=C(NCC#Cc1nccs1)C(=O)NCc1ccccc1C(=O)CC1(c2ccc3ccccc3c2)CC1. The summed E-state index contributed by atoms with van der Waals surface area (Å²) in [6.07, 6.45) is 4.01. The molecule has 4 aromatic rings. The molecule has 1 aliphatic rings. The van der Waals surface area contributed by atoms with Gasteiger partial charge in [0.1, 0.15) is 0 Å². The summed E-state index contributed by atoms with van der Waals surface area (Å²) in [7, 11) is 0. The van der Waals surface area contributed by atoms with Crippen molar-refractivity contribution in [3.05, 3.63) is 100 Å². The third kappa shape index (κ3) is 5.76. The Morgan fingerprint density at radius 3 is 2.46 bits per heavy atom. The fourth-order valence-corrected chi connectivity index (χ4v) is 4.96. The number of ketones is 1. The fourth-order valence-electron chi connectivity index (χ4n) is 4.45. The van der Waals surface area contributed by atoms with Crippen LogP contribution in [0, 0.1) is 11.8 Å². The quantitative estimate of drug-likeness (QED) is 0.221. The Kier molecular flexibility index (Phi) is 7.11. The van der Waals surface area contributed by atoms with Crippen molar-refractivity contribution in [3.63, 3.8) is 0 Å². The maximum absolute atomic E-state index is 13.4. The first-order valence-corrected chi connectivity index (χ1v) is 13.0. The van der Waals surface area contributed by atoms with E-state index in [0.29, 0.717) is 22.6 Å². The van der Waals surface area contributed by atoms with E-state index in [-0.39, 0.29) is 24.3 Å². The number of benzene rings is 3. The molecule has 1 aliphatic carbocycles. The minimum atomic E-state index is -0.773. The number of carbonyl (C=O) groups is 3. The van der Waals surface area contributed by atoms with Gasteiger partial charge in [-0.15, -0.1) is 11.3 Å². The normalized spacial score (nSPS) is 13.3. The Bertz CT molecular complexity index is 1530. The molecular weight excluding hydrogens is 482 g/mol. The van der Waals surface area contributed by atoms with Crippen LogP contribution in [0.25, 0.3) is 10.8 Å². The highest BCUT2D eigenvalue weighted by atomic mass is 32.1. The summed E-state index contributed by atoms with van der Waals surface area (Å²) in [5, 5.41) is 9.91. The molecule has 0 bridgehead atoms. The maximum Gasteiger partial charge on any atom is 0.310 e. The Balaban J connectivity index is 1.20. The van der Waals surface area contributed by atoms with Crippen LogP contribution >= 0.6 is 11.3 Å². The molecule has 1 saturated carbocycles. The number of carbonyl (C=O) groups excluding carboxylic acids is 3. The molecule has 0 aliphatic heterocycles. The molecule has 1 aromatic heterocycles. The molecule has 2 N–H and O–H groups in total. The van der Waals surface area contributed by atoms with Gasteiger partial charge < -0.3 is 10.6 Å². The average molecular weight is 508 g/mol. The van der Waals surface area contributed by atoms with E-state index in [1.165, 1.54) is 27.7 Å². The molecule has 2 amide bonds. The number of fused-ring (bicyclic) bond motifs is 1. The van der Waals surface area contributed by atoms with Crippen molar-refractivity contribution in [1.29, 1.82) is 0 Å². The van der Waals surface area contributed by atoms with Gasteiger partial charge in [0.2, 0.25) is 0 Å². The zero-order valence-corrected chi connectivity index (χ0v) is 20.9. The van der Waals surface area contributed by atoms with Gasteiger partial charge in [-0.3, -0.25) is 14.4 Å². The van der Waals surface area contributed by atoms with Gasteiger partial charge in [0.15, 0.2) is 10.8 Å². The van der Waals surface area contributed by atoms with Gasteiger partial charge in [-0.2, -0.15) is 0 Å². The van der Waals surface area contributed by atoms with Crippen molar-refractivity contribution in [3.8, 4) is 11.8 Å². The largest absolute Gasteiger partial charge is 0.344 e. The predicted molar refractivity (Wildman–Crippen MR) is 144 cm³/mol. The Morgan fingerprint density at radius 1 is 0.919 bits per heavy atom. The molecule has 0 spiro atoms. The molecule has 0 atom stereocenters. The van der Waals surface area contributed by atoms with Crippen molar-refractivity contribution in [2.24, 2.45) is 0 Å². The number of nitrogens with one attached hydrogen (secondary N) is 2. The number of Topliss-reactive ketones (excluding diaryl/α,β-unsaturated/α-hetero) is 1. The second kappa shape index (κ2) is 10.8. The summed E-state index contributed by atoms with van der Waals surface area (Å²) >= 11 is 1.40. The Hall–Kier alpha value is -4.28. The zero-order valence-electron chi connectivity index (χ0n) is 20.1. The third-order valence-electron chi connectivity index (χ3n) is 6.64. The van der Waals surface area contributed by atoms with Crippen LogP contribution in [0.1, 0.15) is 45.8 Å². The number of nitrogens with zero attached hydrogens (tertiary/aromatic N) is 1. The van der Waals surface area contributed by atoms with Crippen LogP contribution < -0.4 is 10.6 Å². The summed E-state index contributed by atoms with van der Waals surface area (Å²) in [6, 6.07) is 21.9. The number of aromatic nitrogens is 1. The van der Waals surface area contributed by atoms with E-state index in [2.05, 4.69) is 57.8 Å².